The molecule has 0 amide bonds. The lowest BCUT2D eigenvalue weighted by molar-refractivity contribution is 0.131. The third-order valence-corrected chi connectivity index (χ3v) is 2.99. The van der Waals surface area contributed by atoms with Crippen LogP contribution in [0.3, 0.4) is 0 Å². The molecule has 1 rings (SSSR count). The number of hydrogen-bond donors (Lipinski definition) is 0. The Hall–Kier alpha value is -0.0400. The van der Waals surface area contributed by atoms with Gasteiger partial charge in [-0.2, -0.15) is 0 Å². The first-order valence-electron chi connectivity index (χ1n) is 4.46. The number of rotatable bonds is 1. The molecule has 1 nitrogen and oxygen atoms in total. The second-order valence-corrected chi connectivity index (χ2v) is 3.53. The van der Waals surface area contributed by atoms with Gasteiger partial charge in [0.05, 0.1) is 0 Å². The molecule has 0 aromatic carbocycles. The van der Waals surface area contributed by atoms with Crippen molar-refractivity contribution in [2.45, 2.75) is 39.2 Å². The molecule has 0 aliphatic carbocycles. The lowest BCUT2D eigenvalue weighted by Gasteiger charge is -2.36. The Morgan fingerprint density at radius 3 is 2.70 bits per heavy atom. The Bertz CT molecular complexity index is 101. The maximum absolute atomic E-state index is 2.48. The van der Waals surface area contributed by atoms with Crippen LogP contribution in [0.4, 0.5) is 0 Å². The van der Waals surface area contributed by atoms with E-state index in [0.717, 1.165) is 12.0 Å². The third-order valence-electron chi connectivity index (χ3n) is 2.99. The zero-order chi connectivity index (χ0) is 7.56. The van der Waals surface area contributed by atoms with Crippen molar-refractivity contribution >= 4 is 0 Å². The van der Waals surface area contributed by atoms with Crippen LogP contribution in [-0.4, -0.2) is 24.5 Å². The van der Waals surface area contributed by atoms with Crippen LogP contribution >= 0.6 is 0 Å². The molecule has 2 atom stereocenters. The summed E-state index contributed by atoms with van der Waals surface area (Å²) in [7, 11) is 2.24. The molecule has 1 heterocycles. The highest BCUT2D eigenvalue weighted by Crippen LogP contribution is 2.24. The van der Waals surface area contributed by atoms with Crippen molar-refractivity contribution in [2.24, 2.45) is 5.92 Å². The molecule has 1 unspecified atom stereocenters. The van der Waals surface area contributed by atoms with E-state index in [1.165, 1.54) is 25.8 Å². The average molecular weight is 141 g/mol. The summed E-state index contributed by atoms with van der Waals surface area (Å²) in [6, 6.07) is 0.818. The van der Waals surface area contributed by atoms with Crippen LogP contribution in [0, 0.1) is 5.92 Å². The summed E-state index contributed by atoms with van der Waals surface area (Å²) in [4.78, 5) is 2.48. The quantitative estimate of drug-likeness (QED) is 0.540. The molecule has 0 aromatic heterocycles. The van der Waals surface area contributed by atoms with Gasteiger partial charge in [-0.1, -0.05) is 13.3 Å². The van der Waals surface area contributed by atoms with Crippen molar-refractivity contribution in [3.63, 3.8) is 0 Å². The minimum Gasteiger partial charge on any atom is -0.303 e. The van der Waals surface area contributed by atoms with Crippen molar-refractivity contribution in [3.8, 4) is 0 Å². The molecular formula is C9H19N. The molecule has 0 radical (unpaired) electrons. The van der Waals surface area contributed by atoms with Gasteiger partial charge in [-0.3, -0.25) is 0 Å². The van der Waals surface area contributed by atoms with Crippen LogP contribution in [0.1, 0.15) is 33.1 Å². The topological polar surface area (TPSA) is 3.24 Å². The molecule has 10 heavy (non-hydrogen) atoms. The predicted molar refractivity (Wildman–Crippen MR) is 45.1 cm³/mol. The second-order valence-electron chi connectivity index (χ2n) is 3.53. The summed E-state index contributed by atoms with van der Waals surface area (Å²) in [5.74, 6) is 0.957. The predicted octanol–water partition coefficient (Wildman–Crippen LogP) is 2.13. The van der Waals surface area contributed by atoms with E-state index in [9.17, 15) is 0 Å². The normalized spacial score (nSPS) is 36.3. The molecule has 1 aliphatic rings. The average Bonchev–Trinajstić information content (AvgIpc) is 1.95. The lowest BCUT2D eigenvalue weighted by Crippen LogP contribution is -2.40. The highest BCUT2D eigenvalue weighted by Gasteiger charge is 2.23. The molecule has 60 valence electrons. The standard InChI is InChI=1S/C9H19N/c1-4-9-6-5-7-10(3)8(9)2/h8-9H,4-7H2,1-3H3/t8-,9?/m0/s1. The van der Waals surface area contributed by atoms with E-state index in [4.69, 9.17) is 0 Å². The zero-order valence-electron chi connectivity index (χ0n) is 7.43. The molecule has 0 saturated carbocycles. The zero-order valence-corrected chi connectivity index (χ0v) is 7.43. The second kappa shape index (κ2) is 3.38. The van der Waals surface area contributed by atoms with Crippen LogP contribution < -0.4 is 0 Å². The maximum atomic E-state index is 2.48. The molecule has 1 aliphatic heterocycles. The van der Waals surface area contributed by atoms with Crippen molar-refractivity contribution in [3.05, 3.63) is 0 Å². The highest BCUT2D eigenvalue weighted by molar-refractivity contribution is 4.77. The van der Waals surface area contributed by atoms with Crippen LogP contribution in [0.5, 0.6) is 0 Å². The molecule has 1 heteroatoms. The van der Waals surface area contributed by atoms with Gasteiger partial charge >= 0.3 is 0 Å². The third kappa shape index (κ3) is 1.51. The summed E-state index contributed by atoms with van der Waals surface area (Å²) >= 11 is 0. The Kier molecular flexibility index (Phi) is 2.72. The van der Waals surface area contributed by atoms with E-state index in [2.05, 4.69) is 25.8 Å². The van der Waals surface area contributed by atoms with Crippen LogP contribution in [-0.2, 0) is 0 Å². The Morgan fingerprint density at radius 2 is 2.20 bits per heavy atom. The van der Waals surface area contributed by atoms with Crippen LogP contribution in [0.2, 0.25) is 0 Å². The van der Waals surface area contributed by atoms with Gasteiger partial charge < -0.3 is 4.90 Å². The van der Waals surface area contributed by atoms with Gasteiger partial charge in [-0.15, -0.1) is 0 Å². The number of piperidine rings is 1. The van der Waals surface area contributed by atoms with Crippen molar-refractivity contribution in [2.75, 3.05) is 13.6 Å². The first-order valence-corrected chi connectivity index (χ1v) is 4.46. The van der Waals surface area contributed by atoms with Crippen molar-refractivity contribution in [1.29, 1.82) is 0 Å². The van der Waals surface area contributed by atoms with E-state index >= 15 is 0 Å². The summed E-state index contributed by atoms with van der Waals surface area (Å²) in [6.07, 6.45) is 4.20. The molecule has 1 saturated heterocycles. The van der Waals surface area contributed by atoms with Crippen molar-refractivity contribution in [1.82, 2.24) is 4.90 Å². The molecule has 0 aromatic rings. The van der Waals surface area contributed by atoms with E-state index < -0.39 is 0 Å². The van der Waals surface area contributed by atoms with Gasteiger partial charge in [0.1, 0.15) is 0 Å². The molecule has 0 spiro atoms. The van der Waals surface area contributed by atoms with Crippen molar-refractivity contribution < 1.29 is 0 Å². The fourth-order valence-corrected chi connectivity index (χ4v) is 1.95. The first kappa shape index (κ1) is 8.06. The molecule has 0 bridgehead atoms. The van der Waals surface area contributed by atoms with E-state index in [0.29, 0.717) is 0 Å². The number of hydrogen-bond acceptors (Lipinski definition) is 1. The Balaban J connectivity index is 2.42. The molecular weight excluding hydrogens is 122 g/mol. The number of nitrogens with zero attached hydrogens (tertiary/aromatic N) is 1. The SMILES string of the molecule is CCC1CCCN(C)[C@H]1C. The van der Waals surface area contributed by atoms with Crippen LogP contribution in [0.25, 0.3) is 0 Å². The van der Waals surface area contributed by atoms with E-state index in [-0.39, 0.29) is 0 Å². The van der Waals surface area contributed by atoms with Gasteiger partial charge in [0.15, 0.2) is 0 Å². The maximum Gasteiger partial charge on any atom is 0.00920 e. The monoisotopic (exact) mass is 141 g/mol. The van der Waals surface area contributed by atoms with Gasteiger partial charge in [-0.05, 0) is 39.3 Å². The minimum absolute atomic E-state index is 0.818. The molecule has 0 N–H and O–H groups in total. The van der Waals surface area contributed by atoms with Gasteiger partial charge in [0.2, 0.25) is 0 Å². The molecule has 1 fully saturated rings. The van der Waals surface area contributed by atoms with Crippen LogP contribution in [0.15, 0.2) is 0 Å². The number of likely N-dealkylation sites (tertiary alicyclic amines) is 1. The summed E-state index contributed by atoms with van der Waals surface area (Å²) in [5.41, 5.74) is 0. The Labute approximate surface area is 64.4 Å². The fraction of sp³-hybridized carbons (Fsp3) is 1.00. The smallest absolute Gasteiger partial charge is 0.00920 e. The summed E-state index contributed by atoms with van der Waals surface area (Å²) in [6.45, 7) is 5.96. The van der Waals surface area contributed by atoms with E-state index in [1.807, 2.05) is 0 Å². The van der Waals surface area contributed by atoms with Gasteiger partial charge in [0.25, 0.3) is 0 Å². The highest BCUT2D eigenvalue weighted by atomic mass is 15.1. The van der Waals surface area contributed by atoms with Gasteiger partial charge in [0, 0.05) is 6.04 Å². The minimum atomic E-state index is 0.818. The van der Waals surface area contributed by atoms with Gasteiger partial charge in [-0.25, -0.2) is 0 Å². The Morgan fingerprint density at radius 1 is 1.50 bits per heavy atom. The fourth-order valence-electron chi connectivity index (χ4n) is 1.95. The largest absolute Gasteiger partial charge is 0.303 e. The lowest BCUT2D eigenvalue weighted by atomic mass is 9.89. The summed E-state index contributed by atoms with van der Waals surface area (Å²) < 4.78 is 0. The van der Waals surface area contributed by atoms with E-state index in [1.54, 1.807) is 0 Å². The first-order chi connectivity index (χ1) is 4.75. The summed E-state index contributed by atoms with van der Waals surface area (Å²) in [5, 5.41) is 0.